The second kappa shape index (κ2) is 6.22. The van der Waals surface area contributed by atoms with Crippen LogP contribution in [0.25, 0.3) is 0 Å². The molecule has 1 heterocycles. The Labute approximate surface area is 106 Å². The highest BCUT2D eigenvalue weighted by molar-refractivity contribution is 6.30. The van der Waals surface area contributed by atoms with Crippen LogP contribution in [0.5, 0.6) is 0 Å². The fourth-order valence-corrected chi connectivity index (χ4v) is 2.23. The van der Waals surface area contributed by atoms with E-state index in [9.17, 15) is 4.39 Å². The summed E-state index contributed by atoms with van der Waals surface area (Å²) in [6.45, 7) is 1.64. The van der Waals surface area contributed by atoms with Gasteiger partial charge in [-0.2, -0.15) is 0 Å². The third-order valence-corrected chi connectivity index (χ3v) is 3.21. The lowest BCUT2D eigenvalue weighted by atomic mass is 10.1. The maximum Gasteiger partial charge on any atom is 0.146 e. The first-order valence-corrected chi connectivity index (χ1v) is 6.44. The average Bonchev–Trinajstić information content (AvgIpc) is 2.82. The van der Waals surface area contributed by atoms with Crippen molar-refractivity contribution in [3.8, 4) is 0 Å². The molecule has 0 aromatic heterocycles. The SMILES string of the molecule is Fc1ccc(Cl)cc1NCCCC1CCCO1. The molecule has 4 heteroatoms. The molecule has 1 atom stereocenters. The summed E-state index contributed by atoms with van der Waals surface area (Å²) < 4.78 is 18.9. The number of hydrogen-bond acceptors (Lipinski definition) is 2. The van der Waals surface area contributed by atoms with Gasteiger partial charge < -0.3 is 10.1 Å². The van der Waals surface area contributed by atoms with Crippen molar-refractivity contribution >= 4 is 17.3 Å². The predicted molar refractivity (Wildman–Crippen MR) is 68.1 cm³/mol. The maximum atomic E-state index is 13.4. The molecule has 1 fully saturated rings. The molecule has 1 N–H and O–H groups in total. The van der Waals surface area contributed by atoms with Gasteiger partial charge in [-0.05, 0) is 43.9 Å². The quantitative estimate of drug-likeness (QED) is 0.809. The summed E-state index contributed by atoms with van der Waals surface area (Å²) in [5.74, 6) is -0.258. The zero-order valence-corrected chi connectivity index (χ0v) is 10.5. The van der Waals surface area contributed by atoms with Gasteiger partial charge in [-0.3, -0.25) is 0 Å². The summed E-state index contributed by atoms with van der Waals surface area (Å²) in [5.41, 5.74) is 0.477. The van der Waals surface area contributed by atoms with E-state index < -0.39 is 0 Å². The highest BCUT2D eigenvalue weighted by Crippen LogP contribution is 2.20. The molecule has 1 unspecified atom stereocenters. The molecule has 1 aliphatic heterocycles. The van der Waals surface area contributed by atoms with E-state index >= 15 is 0 Å². The first-order chi connectivity index (χ1) is 8.25. The molecular formula is C13H17ClFNO. The van der Waals surface area contributed by atoms with Crippen LogP contribution in [-0.2, 0) is 4.74 Å². The first-order valence-electron chi connectivity index (χ1n) is 6.06. The molecule has 1 aliphatic rings. The van der Waals surface area contributed by atoms with Crippen LogP contribution in [-0.4, -0.2) is 19.3 Å². The van der Waals surface area contributed by atoms with Gasteiger partial charge >= 0.3 is 0 Å². The van der Waals surface area contributed by atoms with Gasteiger partial charge in [0.25, 0.3) is 0 Å². The highest BCUT2D eigenvalue weighted by Gasteiger charge is 2.14. The van der Waals surface area contributed by atoms with Crippen molar-refractivity contribution in [2.75, 3.05) is 18.5 Å². The van der Waals surface area contributed by atoms with E-state index in [1.165, 1.54) is 12.5 Å². The van der Waals surface area contributed by atoms with Crippen molar-refractivity contribution in [2.24, 2.45) is 0 Å². The Morgan fingerprint density at radius 3 is 3.12 bits per heavy atom. The molecule has 0 aliphatic carbocycles. The van der Waals surface area contributed by atoms with Gasteiger partial charge in [-0.15, -0.1) is 0 Å². The molecule has 1 aromatic carbocycles. The van der Waals surface area contributed by atoms with Crippen LogP contribution in [0.15, 0.2) is 18.2 Å². The predicted octanol–water partition coefficient (Wildman–Crippen LogP) is 3.85. The molecule has 1 aromatic rings. The van der Waals surface area contributed by atoms with Gasteiger partial charge in [-0.1, -0.05) is 11.6 Å². The minimum absolute atomic E-state index is 0.258. The fraction of sp³-hybridized carbons (Fsp3) is 0.538. The summed E-state index contributed by atoms with van der Waals surface area (Å²) in [4.78, 5) is 0. The molecule has 1 saturated heterocycles. The summed E-state index contributed by atoms with van der Waals surface area (Å²) in [5, 5.41) is 3.61. The van der Waals surface area contributed by atoms with Crippen LogP contribution in [0, 0.1) is 5.82 Å². The van der Waals surface area contributed by atoms with Crippen LogP contribution < -0.4 is 5.32 Å². The van der Waals surface area contributed by atoms with Crippen LogP contribution in [0.3, 0.4) is 0 Å². The van der Waals surface area contributed by atoms with Crippen LogP contribution >= 0.6 is 11.6 Å². The number of hydrogen-bond donors (Lipinski definition) is 1. The van der Waals surface area contributed by atoms with Crippen LogP contribution in [0.2, 0.25) is 5.02 Å². The molecule has 2 rings (SSSR count). The molecule has 0 bridgehead atoms. The summed E-state index contributed by atoms with van der Waals surface area (Å²) in [7, 11) is 0. The van der Waals surface area contributed by atoms with Gasteiger partial charge in [0.05, 0.1) is 11.8 Å². The second-order valence-electron chi connectivity index (χ2n) is 4.33. The number of rotatable bonds is 5. The van der Waals surface area contributed by atoms with Gasteiger partial charge in [0, 0.05) is 18.2 Å². The normalized spacial score (nSPS) is 19.5. The standard InChI is InChI=1S/C13H17ClFNO/c14-10-5-6-12(15)13(9-10)16-7-1-3-11-4-2-8-17-11/h5-6,9,11,16H,1-4,7-8H2. The lowest BCUT2D eigenvalue weighted by molar-refractivity contribution is 0.103. The minimum atomic E-state index is -0.258. The summed E-state index contributed by atoms with van der Waals surface area (Å²) in [6, 6.07) is 4.54. The Morgan fingerprint density at radius 2 is 2.35 bits per heavy atom. The lowest BCUT2D eigenvalue weighted by Crippen LogP contribution is -2.09. The van der Waals surface area contributed by atoms with Gasteiger partial charge in [0.1, 0.15) is 5.82 Å². The molecule has 2 nitrogen and oxygen atoms in total. The molecule has 0 saturated carbocycles. The molecule has 0 amide bonds. The average molecular weight is 258 g/mol. The topological polar surface area (TPSA) is 21.3 Å². The number of ether oxygens (including phenoxy) is 1. The van der Waals surface area contributed by atoms with Crippen molar-refractivity contribution in [1.82, 2.24) is 0 Å². The van der Waals surface area contributed by atoms with E-state index in [2.05, 4.69) is 5.32 Å². The fourth-order valence-electron chi connectivity index (χ4n) is 2.06. The second-order valence-corrected chi connectivity index (χ2v) is 4.76. The maximum absolute atomic E-state index is 13.4. The Balaban J connectivity index is 1.72. The third kappa shape index (κ3) is 3.86. The Hall–Kier alpha value is -0.800. The summed E-state index contributed by atoms with van der Waals surface area (Å²) in [6.07, 6.45) is 4.75. The Morgan fingerprint density at radius 1 is 1.47 bits per heavy atom. The summed E-state index contributed by atoms with van der Waals surface area (Å²) >= 11 is 5.81. The Kier molecular flexibility index (Phi) is 4.63. The zero-order valence-electron chi connectivity index (χ0n) is 9.72. The van der Waals surface area contributed by atoms with Gasteiger partial charge in [0.2, 0.25) is 0 Å². The number of anilines is 1. The van der Waals surface area contributed by atoms with E-state index in [1.807, 2.05) is 0 Å². The number of halogens is 2. The van der Waals surface area contributed by atoms with Crippen molar-refractivity contribution < 1.29 is 9.13 Å². The number of benzene rings is 1. The molecular weight excluding hydrogens is 241 g/mol. The van der Waals surface area contributed by atoms with E-state index in [-0.39, 0.29) is 5.82 Å². The van der Waals surface area contributed by atoms with E-state index in [1.54, 1.807) is 12.1 Å². The van der Waals surface area contributed by atoms with E-state index in [0.717, 1.165) is 32.4 Å². The largest absolute Gasteiger partial charge is 0.383 e. The molecule has 17 heavy (non-hydrogen) atoms. The van der Waals surface area contributed by atoms with Gasteiger partial charge in [-0.25, -0.2) is 4.39 Å². The smallest absolute Gasteiger partial charge is 0.146 e. The monoisotopic (exact) mass is 257 g/mol. The van der Waals surface area contributed by atoms with E-state index in [4.69, 9.17) is 16.3 Å². The first kappa shape index (κ1) is 12.7. The van der Waals surface area contributed by atoms with Crippen LogP contribution in [0.1, 0.15) is 25.7 Å². The van der Waals surface area contributed by atoms with Crippen LogP contribution in [0.4, 0.5) is 10.1 Å². The molecule has 94 valence electrons. The third-order valence-electron chi connectivity index (χ3n) is 2.97. The lowest BCUT2D eigenvalue weighted by Gasteiger charge is -2.11. The van der Waals surface area contributed by atoms with Crippen molar-refractivity contribution in [3.63, 3.8) is 0 Å². The van der Waals surface area contributed by atoms with E-state index in [0.29, 0.717) is 16.8 Å². The van der Waals surface area contributed by atoms with Crippen molar-refractivity contribution in [1.29, 1.82) is 0 Å². The Bertz CT molecular complexity index is 366. The molecule has 0 radical (unpaired) electrons. The van der Waals surface area contributed by atoms with Crippen molar-refractivity contribution in [2.45, 2.75) is 31.8 Å². The van der Waals surface area contributed by atoms with Crippen molar-refractivity contribution in [3.05, 3.63) is 29.0 Å². The number of nitrogens with one attached hydrogen (secondary N) is 1. The molecule has 0 spiro atoms. The highest BCUT2D eigenvalue weighted by atomic mass is 35.5. The van der Waals surface area contributed by atoms with Gasteiger partial charge in [0.15, 0.2) is 0 Å². The zero-order chi connectivity index (χ0) is 12.1. The minimum Gasteiger partial charge on any atom is -0.383 e.